The molecule has 2 aliphatic rings. The van der Waals surface area contributed by atoms with Gasteiger partial charge in [0.25, 0.3) is 0 Å². The third-order valence-corrected chi connectivity index (χ3v) is 5.07. The molecule has 1 aromatic rings. The van der Waals surface area contributed by atoms with Gasteiger partial charge < -0.3 is 10.2 Å². The largest absolute Gasteiger partial charge is 0.396 e. The normalized spacial score (nSPS) is 27.6. The molecule has 0 saturated carbocycles. The van der Waals surface area contributed by atoms with Gasteiger partial charge in [-0.15, -0.1) is 0 Å². The molecule has 0 unspecified atom stereocenters. The van der Waals surface area contributed by atoms with E-state index in [9.17, 15) is 19.8 Å². The highest BCUT2D eigenvalue weighted by Crippen LogP contribution is 2.44. The molecule has 3 atom stereocenters. The number of hydrogen-bond donors (Lipinski definition) is 2. The molecule has 2 N–H and O–H groups in total. The number of allylic oxidation sites excluding steroid dienone is 1. The minimum absolute atomic E-state index is 0.168. The number of hydrogen-bond acceptors (Lipinski definition) is 4. The SMILES string of the molecule is CC1=C(CO)[C@H](CO)[C@@H]2C(=O)N(Cc3ccccc3)C(=O)[C@@H]2C1. The van der Waals surface area contributed by atoms with Gasteiger partial charge in [0.2, 0.25) is 11.8 Å². The average Bonchev–Trinajstić information content (AvgIpc) is 2.79. The Morgan fingerprint density at radius 1 is 1.13 bits per heavy atom. The Hall–Kier alpha value is -1.98. The van der Waals surface area contributed by atoms with Crippen molar-refractivity contribution in [1.82, 2.24) is 4.90 Å². The van der Waals surface area contributed by atoms with Crippen molar-refractivity contribution in [3.8, 4) is 0 Å². The number of rotatable bonds is 4. The van der Waals surface area contributed by atoms with Crippen LogP contribution >= 0.6 is 0 Å². The van der Waals surface area contributed by atoms with Gasteiger partial charge in [-0.3, -0.25) is 14.5 Å². The molecule has 1 aliphatic heterocycles. The fourth-order valence-electron chi connectivity index (χ4n) is 3.87. The van der Waals surface area contributed by atoms with Gasteiger partial charge in [0.1, 0.15) is 0 Å². The molecule has 5 nitrogen and oxygen atoms in total. The Labute approximate surface area is 135 Å². The van der Waals surface area contributed by atoms with Crippen LogP contribution in [0.4, 0.5) is 0 Å². The molecule has 23 heavy (non-hydrogen) atoms. The zero-order valence-corrected chi connectivity index (χ0v) is 13.1. The highest BCUT2D eigenvalue weighted by atomic mass is 16.3. The lowest BCUT2D eigenvalue weighted by Gasteiger charge is -2.32. The minimum atomic E-state index is -0.554. The predicted molar refractivity (Wildman–Crippen MR) is 84.0 cm³/mol. The molecule has 0 aromatic heterocycles. The average molecular weight is 315 g/mol. The second-order valence-corrected chi connectivity index (χ2v) is 6.34. The number of aliphatic hydroxyl groups is 2. The van der Waals surface area contributed by atoms with Crippen molar-refractivity contribution in [1.29, 1.82) is 0 Å². The van der Waals surface area contributed by atoms with Crippen LogP contribution in [0.2, 0.25) is 0 Å². The van der Waals surface area contributed by atoms with E-state index in [-0.39, 0.29) is 31.6 Å². The lowest BCUT2D eigenvalue weighted by atomic mass is 9.70. The molecule has 122 valence electrons. The summed E-state index contributed by atoms with van der Waals surface area (Å²) < 4.78 is 0. The number of aliphatic hydroxyl groups excluding tert-OH is 2. The fourth-order valence-corrected chi connectivity index (χ4v) is 3.87. The van der Waals surface area contributed by atoms with Crippen molar-refractivity contribution < 1.29 is 19.8 Å². The van der Waals surface area contributed by atoms with E-state index >= 15 is 0 Å². The molecule has 0 bridgehead atoms. The summed E-state index contributed by atoms with van der Waals surface area (Å²) in [5.74, 6) is -1.84. The maximum Gasteiger partial charge on any atom is 0.234 e. The number of carbonyl (C=O) groups is 2. The Morgan fingerprint density at radius 2 is 1.83 bits per heavy atom. The van der Waals surface area contributed by atoms with Gasteiger partial charge in [0, 0.05) is 5.92 Å². The lowest BCUT2D eigenvalue weighted by Crippen LogP contribution is -2.36. The third-order valence-electron chi connectivity index (χ3n) is 5.07. The number of nitrogens with zero attached hydrogens (tertiary/aromatic N) is 1. The van der Waals surface area contributed by atoms with Crippen molar-refractivity contribution >= 4 is 11.8 Å². The topological polar surface area (TPSA) is 77.8 Å². The number of fused-ring (bicyclic) bond motifs is 1. The van der Waals surface area contributed by atoms with E-state index in [1.165, 1.54) is 4.90 Å². The number of benzene rings is 1. The van der Waals surface area contributed by atoms with Gasteiger partial charge in [-0.25, -0.2) is 0 Å². The van der Waals surface area contributed by atoms with Gasteiger partial charge in [-0.05, 0) is 24.5 Å². The molecule has 1 aromatic carbocycles. The summed E-state index contributed by atoms with van der Waals surface area (Å²) in [5, 5.41) is 19.3. The van der Waals surface area contributed by atoms with Gasteiger partial charge >= 0.3 is 0 Å². The van der Waals surface area contributed by atoms with E-state index < -0.39 is 17.8 Å². The summed E-state index contributed by atoms with van der Waals surface area (Å²) >= 11 is 0. The van der Waals surface area contributed by atoms with Crippen molar-refractivity contribution in [2.45, 2.75) is 19.9 Å². The van der Waals surface area contributed by atoms with E-state index in [1.807, 2.05) is 37.3 Å². The molecule has 1 saturated heterocycles. The summed E-state index contributed by atoms with van der Waals surface area (Å²) in [6.07, 6.45) is 0.479. The van der Waals surface area contributed by atoms with E-state index in [0.717, 1.165) is 11.1 Å². The second kappa shape index (κ2) is 6.26. The quantitative estimate of drug-likeness (QED) is 0.644. The molecule has 1 aliphatic carbocycles. The first kappa shape index (κ1) is 15.9. The molecular weight excluding hydrogens is 294 g/mol. The van der Waals surface area contributed by atoms with Gasteiger partial charge in [-0.1, -0.05) is 35.9 Å². The summed E-state index contributed by atoms with van der Waals surface area (Å²) in [5.41, 5.74) is 2.52. The number of likely N-dealkylation sites (tertiary alicyclic amines) is 1. The van der Waals surface area contributed by atoms with Crippen molar-refractivity contribution in [3.05, 3.63) is 47.0 Å². The molecular formula is C18H21NO4. The van der Waals surface area contributed by atoms with E-state index in [2.05, 4.69) is 0 Å². The fraction of sp³-hybridized carbons (Fsp3) is 0.444. The van der Waals surface area contributed by atoms with Crippen molar-refractivity contribution in [2.75, 3.05) is 13.2 Å². The highest BCUT2D eigenvalue weighted by Gasteiger charge is 2.53. The van der Waals surface area contributed by atoms with E-state index in [0.29, 0.717) is 12.0 Å². The Kier molecular flexibility index (Phi) is 4.33. The van der Waals surface area contributed by atoms with Crippen LogP contribution in [-0.4, -0.2) is 40.1 Å². The van der Waals surface area contributed by atoms with Gasteiger partial charge in [-0.2, -0.15) is 0 Å². The molecule has 0 radical (unpaired) electrons. The number of carbonyl (C=O) groups excluding carboxylic acids is 2. The van der Waals surface area contributed by atoms with Crippen LogP contribution in [-0.2, 0) is 16.1 Å². The molecule has 0 spiro atoms. The molecule has 5 heteroatoms. The zero-order chi connectivity index (χ0) is 16.6. The minimum Gasteiger partial charge on any atom is -0.396 e. The van der Waals surface area contributed by atoms with E-state index in [4.69, 9.17) is 0 Å². The first-order valence-electron chi connectivity index (χ1n) is 7.87. The first-order valence-corrected chi connectivity index (χ1v) is 7.87. The molecule has 2 amide bonds. The van der Waals surface area contributed by atoms with Crippen LogP contribution < -0.4 is 0 Å². The molecule has 3 rings (SSSR count). The molecule has 1 fully saturated rings. The van der Waals surface area contributed by atoms with E-state index in [1.54, 1.807) is 0 Å². The summed E-state index contributed by atoms with van der Waals surface area (Å²) in [6.45, 7) is 1.71. The number of amides is 2. The maximum absolute atomic E-state index is 12.8. The van der Waals surface area contributed by atoms with Crippen molar-refractivity contribution in [3.63, 3.8) is 0 Å². The third kappa shape index (κ3) is 2.60. The Bertz CT molecular complexity index is 652. The Morgan fingerprint density at radius 3 is 2.43 bits per heavy atom. The Balaban J connectivity index is 1.90. The standard InChI is InChI=1S/C18H21NO4/c1-11-7-13-16(15(10-21)14(11)9-20)18(23)19(17(13)22)8-12-5-3-2-4-6-12/h2-6,13,15-16,20-21H,7-10H2,1H3/t13-,15+,16-/m1/s1. The van der Waals surface area contributed by atoms with Crippen LogP contribution in [0.25, 0.3) is 0 Å². The highest BCUT2D eigenvalue weighted by molar-refractivity contribution is 6.05. The van der Waals surface area contributed by atoms with Crippen LogP contribution in [0, 0.1) is 17.8 Å². The smallest absolute Gasteiger partial charge is 0.234 e. The summed E-state index contributed by atoms with van der Waals surface area (Å²) in [7, 11) is 0. The van der Waals surface area contributed by atoms with Crippen molar-refractivity contribution in [2.24, 2.45) is 17.8 Å². The maximum atomic E-state index is 12.8. The lowest BCUT2D eigenvalue weighted by molar-refractivity contribution is -0.140. The first-order chi connectivity index (χ1) is 11.1. The van der Waals surface area contributed by atoms with Gasteiger partial charge in [0.15, 0.2) is 0 Å². The van der Waals surface area contributed by atoms with Gasteiger partial charge in [0.05, 0.1) is 31.6 Å². The number of imide groups is 1. The molecule has 1 heterocycles. The van der Waals surface area contributed by atoms with Crippen LogP contribution in [0.5, 0.6) is 0 Å². The monoisotopic (exact) mass is 315 g/mol. The second-order valence-electron chi connectivity index (χ2n) is 6.34. The van der Waals surface area contributed by atoms with Crippen LogP contribution in [0.1, 0.15) is 18.9 Å². The van der Waals surface area contributed by atoms with Crippen LogP contribution in [0.15, 0.2) is 41.5 Å². The zero-order valence-electron chi connectivity index (χ0n) is 13.1. The summed E-state index contributed by atoms with van der Waals surface area (Å²) in [4.78, 5) is 26.8. The summed E-state index contributed by atoms with van der Waals surface area (Å²) in [6, 6.07) is 9.40. The van der Waals surface area contributed by atoms with Crippen LogP contribution in [0.3, 0.4) is 0 Å². The predicted octanol–water partition coefficient (Wildman–Crippen LogP) is 1.11.